The van der Waals surface area contributed by atoms with Gasteiger partial charge in [0.15, 0.2) is 5.60 Å². The third-order valence-corrected chi connectivity index (χ3v) is 6.13. The minimum absolute atomic E-state index is 0.286. The van der Waals surface area contributed by atoms with Crippen molar-refractivity contribution in [2.45, 2.75) is 43.9 Å². The minimum atomic E-state index is -4.98. The molecule has 0 fully saturated rings. The number of fused-ring (bicyclic) bond motifs is 2. The molecule has 0 unspecified atom stereocenters. The SMILES string of the molecule is CC(C)(C[C@@](O)(CNc1cccc2c(=O)[nH]ccc12)C(F)(F)F)c1cc(F)cc2c1OCC2. The highest BCUT2D eigenvalue weighted by Gasteiger charge is 2.56. The van der Waals surface area contributed by atoms with Crippen LogP contribution in [-0.4, -0.2) is 35.0 Å². The topological polar surface area (TPSA) is 74.4 Å². The third-order valence-electron chi connectivity index (χ3n) is 6.13. The van der Waals surface area contributed by atoms with Gasteiger partial charge in [-0.2, -0.15) is 13.2 Å². The molecule has 33 heavy (non-hydrogen) atoms. The first-order chi connectivity index (χ1) is 15.4. The van der Waals surface area contributed by atoms with Crippen molar-refractivity contribution in [2.75, 3.05) is 18.5 Å². The van der Waals surface area contributed by atoms with Gasteiger partial charge in [0.1, 0.15) is 11.6 Å². The second-order valence-electron chi connectivity index (χ2n) is 9.06. The van der Waals surface area contributed by atoms with Crippen LogP contribution in [0.5, 0.6) is 5.75 Å². The van der Waals surface area contributed by atoms with E-state index in [0.717, 1.165) is 0 Å². The third kappa shape index (κ3) is 4.29. The fraction of sp³-hybridized carbons (Fsp3) is 0.375. The maximum atomic E-state index is 14.2. The smallest absolute Gasteiger partial charge is 0.418 e. The van der Waals surface area contributed by atoms with Gasteiger partial charge in [0, 0.05) is 40.2 Å². The van der Waals surface area contributed by atoms with Crippen LogP contribution >= 0.6 is 0 Å². The van der Waals surface area contributed by atoms with Crippen LogP contribution in [0.2, 0.25) is 0 Å². The zero-order valence-corrected chi connectivity index (χ0v) is 18.1. The highest BCUT2D eigenvalue weighted by atomic mass is 19.4. The van der Waals surface area contributed by atoms with Crippen molar-refractivity contribution in [1.29, 1.82) is 0 Å². The zero-order chi connectivity index (χ0) is 24.0. The number of rotatable bonds is 6. The van der Waals surface area contributed by atoms with E-state index in [4.69, 9.17) is 4.74 Å². The summed E-state index contributed by atoms with van der Waals surface area (Å²) in [6, 6.07) is 8.71. The lowest BCUT2D eigenvalue weighted by Gasteiger charge is -2.38. The Labute approximate surface area is 187 Å². The fourth-order valence-corrected chi connectivity index (χ4v) is 4.48. The Balaban J connectivity index is 1.67. The first kappa shape index (κ1) is 23.1. The van der Waals surface area contributed by atoms with Gasteiger partial charge in [-0.25, -0.2) is 4.39 Å². The van der Waals surface area contributed by atoms with Gasteiger partial charge in [-0.05, 0) is 42.2 Å². The fourth-order valence-electron chi connectivity index (χ4n) is 4.48. The van der Waals surface area contributed by atoms with E-state index in [1.165, 1.54) is 38.2 Å². The number of anilines is 1. The Morgan fingerprint density at radius 2 is 1.91 bits per heavy atom. The summed E-state index contributed by atoms with van der Waals surface area (Å²) in [6.45, 7) is 2.52. The molecule has 1 aliphatic rings. The number of alkyl halides is 3. The number of nitrogens with one attached hydrogen (secondary N) is 2. The van der Waals surface area contributed by atoms with E-state index in [9.17, 15) is 27.5 Å². The Bertz CT molecular complexity index is 1250. The molecule has 2 aromatic carbocycles. The van der Waals surface area contributed by atoms with E-state index in [2.05, 4.69) is 10.3 Å². The number of H-pyrrole nitrogens is 1. The molecule has 3 N–H and O–H groups in total. The molecule has 9 heteroatoms. The van der Waals surface area contributed by atoms with Crippen molar-refractivity contribution in [3.8, 4) is 5.75 Å². The molecular weight excluding hydrogens is 440 g/mol. The van der Waals surface area contributed by atoms with Crippen LogP contribution < -0.4 is 15.6 Å². The lowest BCUT2D eigenvalue weighted by molar-refractivity contribution is -0.260. The van der Waals surface area contributed by atoms with Gasteiger partial charge < -0.3 is 20.1 Å². The van der Waals surface area contributed by atoms with Crippen molar-refractivity contribution in [1.82, 2.24) is 4.98 Å². The van der Waals surface area contributed by atoms with Crippen LogP contribution in [0.25, 0.3) is 10.8 Å². The average Bonchev–Trinajstić information content (AvgIpc) is 3.19. The van der Waals surface area contributed by atoms with Crippen molar-refractivity contribution in [3.05, 3.63) is 69.9 Å². The summed E-state index contributed by atoms with van der Waals surface area (Å²) < 4.78 is 62.2. The molecule has 0 saturated carbocycles. The predicted molar refractivity (Wildman–Crippen MR) is 117 cm³/mol. The first-order valence-electron chi connectivity index (χ1n) is 10.5. The Hall–Kier alpha value is -3.07. The van der Waals surface area contributed by atoms with E-state index < -0.39 is 36.0 Å². The number of hydrogen-bond acceptors (Lipinski definition) is 4. The van der Waals surface area contributed by atoms with Crippen LogP contribution in [0.1, 0.15) is 31.4 Å². The molecule has 0 radical (unpaired) electrons. The number of aliphatic hydroxyl groups is 1. The van der Waals surface area contributed by atoms with Crippen LogP contribution in [0.4, 0.5) is 23.2 Å². The van der Waals surface area contributed by atoms with Gasteiger partial charge in [0.05, 0.1) is 13.2 Å². The van der Waals surface area contributed by atoms with Gasteiger partial charge in [0.2, 0.25) is 0 Å². The van der Waals surface area contributed by atoms with E-state index >= 15 is 0 Å². The summed E-state index contributed by atoms with van der Waals surface area (Å²) in [7, 11) is 0. The summed E-state index contributed by atoms with van der Waals surface area (Å²) >= 11 is 0. The van der Waals surface area contributed by atoms with E-state index in [0.29, 0.717) is 35.1 Å². The number of aromatic nitrogens is 1. The van der Waals surface area contributed by atoms with Gasteiger partial charge in [-0.15, -0.1) is 0 Å². The number of benzene rings is 2. The van der Waals surface area contributed by atoms with Crippen LogP contribution in [0.15, 0.2) is 47.4 Å². The second kappa shape index (κ2) is 8.06. The molecule has 4 rings (SSSR count). The monoisotopic (exact) mass is 464 g/mol. The van der Waals surface area contributed by atoms with Gasteiger partial charge in [-0.3, -0.25) is 4.79 Å². The van der Waals surface area contributed by atoms with Gasteiger partial charge >= 0.3 is 6.18 Å². The molecule has 3 aromatic rings. The Kier molecular flexibility index (Phi) is 5.64. The Morgan fingerprint density at radius 3 is 2.64 bits per heavy atom. The van der Waals surface area contributed by atoms with Crippen LogP contribution in [-0.2, 0) is 11.8 Å². The summed E-state index contributed by atoms with van der Waals surface area (Å²) in [6.07, 6.45) is -3.83. The zero-order valence-electron chi connectivity index (χ0n) is 18.1. The Morgan fingerprint density at radius 1 is 1.15 bits per heavy atom. The van der Waals surface area contributed by atoms with Crippen molar-refractivity contribution < 1.29 is 27.4 Å². The quantitative estimate of drug-likeness (QED) is 0.464. The van der Waals surface area contributed by atoms with Crippen molar-refractivity contribution >= 4 is 16.5 Å². The second-order valence-corrected chi connectivity index (χ2v) is 9.06. The highest BCUT2D eigenvalue weighted by molar-refractivity contribution is 5.93. The summed E-state index contributed by atoms with van der Waals surface area (Å²) in [5, 5.41) is 14.3. The molecule has 0 aliphatic carbocycles. The highest BCUT2D eigenvalue weighted by Crippen LogP contribution is 2.46. The summed E-state index contributed by atoms with van der Waals surface area (Å²) in [5.41, 5.74) is -3.60. The first-order valence-corrected chi connectivity index (χ1v) is 10.5. The van der Waals surface area contributed by atoms with E-state index in [-0.39, 0.29) is 16.8 Å². The number of hydrogen-bond donors (Lipinski definition) is 3. The largest absolute Gasteiger partial charge is 0.493 e. The lowest BCUT2D eigenvalue weighted by atomic mass is 9.74. The molecule has 1 atom stereocenters. The van der Waals surface area contributed by atoms with Gasteiger partial charge in [0.25, 0.3) is 5.56 Å². The number of aromatic amines is 1. The number of halogens is 4. The normalized spacial score (nSPS) is 15.7. The maximum Gasteiger partial charge on any atom is 0.418 e. The molecular formula is C24H24F4N2O3. The summed E-state index contributed by atoms with van der Waals surface area (Å²) in [4.78, 5) is 14.5. The lowest BCUT2D eigenvalue weighted by Crippen LogP contribution is -2.53. The van der Waals surface area contributed by atoms with Crippen molar-refractivity contribution in [3.63, 3.8) is 0 Å². The van der Waals surface area contributed by atoms with Crippen LogP contribution in [0.3, 0.4) is 0 Å². The molecule has 0 spiro atoms. The van der Waals surface area contributed by atoms with Gasteiger partial charge in [-0.1, -0.05) is 19.9 Å². The van der Waals surface area contributed by atoms with E-state index in [1.54, 1.807) is 18.2 Å². The number of pyridine rings is 1. The summed E-state index contributed by atoms with van der Waals surface area (Å²) in [5.74, 6) is -0.177. The van der Waals surface area contributed by atoms with Crippen molar-refractivity contribution in [2.24, 2.45) is 0 Å². The average molecular weight is 464 g/mol. The molecule has 0 saturated heterocycles. The molecule has 176 valence electrons. The number of ether oxygens (including phenoxy) is 1. The predicted octanol–water partition coefficient (Wildman–Crippen LogP) is 4.68. The van der Waals surface area contributed by atoms with Crippen LogP contribution in [0, 0.1) is 5.82 Å². The molecule has 5 nitrogen and oxygen atoms in total. The standard InChI is InChI=1S/C24H24F4N2O3/c1-22(2,18-11-15(25)10-14-7-9-33-20(14)18)12-23(32,24(26,27)28)13-30-19-5-3-4-17-16(19)6-8-29-21(17)31/h3-6,8,10-11,30,32H,7,9,12-13H2,1-2H3,(H,29,31)/t23-/m1/s1. The molecule has 2 heterocycles. The minimum Gasteiger partial charge on any atom is -0.493 e. The molecule has 0 amide bonds. The van der Waals surface area contributed by atoms with E-state index in [1.807, 2.05) is 0 Å². The molecule has 0 bridgehead atoms. The molecule has 1 aliphatic heterocycles. The molecule has 1 aromatic heterocycles. The maximum absolute atomic E-state index is 14.2.